The van der Waals surface area contributed by atoms with Gasteiger partial charge in [0.05, 0.1) is 0 Å². The summed E-state index contributed by atoms with van der Waals surface area (Å²) in [4.78, 5) is 0. The van der Waals surface area contributed by atoms with Crippen molar-refractivity contribution in [2.75, 3.05) is 0 Å². The first kappa shape index (κ1) is 13.7. The molecule has 0 aromatic heterocycles. The quantitative estimate of drug-likeness (QED) is 0.221. The van der Waals surface area contributed by atoms with Gasteiger partial charge < -0.3 is 0 Å². The second kappa shape index (κ2) is 4.49. The Hall–Kier alpha value is -1.35. The molecule has 89 valence electrons. The molecule has 1 aromatic carbocycles. The highest BCUT2D eigenvalue weighted by atomic mass is 28.1. The van der Waals surface area contributed by atoms with E-state index in [1.54, 1.807) is 13.8 Å². The summed E-state index contributed by atoms with van der Waals surface area (Å²) in [6.45, 7) is 3.12. The highest BCUT2D eigenvalue weighted by molar-refractivity contribution is 6.16. The normalized spacial score (nSPS) is 11.1. The molecule has 1 rings (SSSR count). The van der Waals surface area contributed by atoms with Gasteiger partial charge in [-0.25, -0.2) is 22.0 Å². The maximum atomic E-state index is 13.1. The number of benzene rings is 1. The van der Waals surface area contributed by atoms with Crippen molar-refractivity contribution in [1.82, 2.24) is 0 Å². The molecule has 0 heterocycles. The van der Waals surface area contributed by atoms with Crippen LogP contribution in [0.2, 0.25) is 5.04 Å². The fraction of sp³-hybridized carbons (Fsp3) is 0.273. The van der Waals surface area contributed by atoms with Crippen molar-refractivity contribution in [2.24, 2.45) is 0 Å². The smallest absolute Gasteiger partial charge is 0.200 e. The molecular weight excluding hydrogens is 255 g/mol. The molecule has 1 aromatic rings. The third-order valence-corrected chi connectivity index (χ3v) is 1.83. The molecule has 0 unspecified atom stereocenters. The Morgan fingerprint density at radius 1 is 0.824 bits per heavy atom. The van der Waals surface area contributed by atoms with Gasteiger partial charge in [0.15, 0.2) is 23.3 Å². The topological polar surface area (TPSA) is 0 Å². The summed E-state index contributed by atoms with van der Waals surface area (Å²) in [5, 5.41) is -0.805. The van der Waals surface area contributed by atoms with Crippen LogP contribution in [0.4, 0.5) is 22.0 Å². The second-order valence-corrected chi connectivity index (χ2v) is 5.07. The van der Waals surface area contributed by atoms with Crippen molar-refractivity contribution in [3.05, 3.63) is 34.6 Å². The van der Waals surface area contributed by atoms with Gasteiger partial charge in [-0.05, 0) is 0 Å². The molecule has 0 saturated carbocycles. The standard InChI is InChI=1S/C11H6F5Si/c1-11(2,17)4-3-5-6(12)8(14)10(16)9(15)7(5)13/h1-2H3. The highest BCUT2D eigenvalue weighted by Crippen LogP contribution is 2.23. The van der Waals surface area contributed by atoms with E-state index in [4.69, 9.17) is 0 Å². The number of halogens is 5. The van der Waals surface area contributed by atoms with E-state index < -0.39 is 39.7 Å². The Bertz CT molecular complexity index is 490. The molecule has 0 N–H and O–H groups in total. The fourth-order valence-electron chi connectivity index (χ4n) is 0.933. The molecule has 0 aliphatic heterocycles. The first-order valence-corrected chi connectivity index (χ1v) is 4.94. The first-order chi connectivity index (χ1) is 7.65. The average Bonchev–Trinajstić information content (AvgIpc) is 2.22. The summed E-state index contributed by atoms with van der Waals surface area (Å²) in [6.07, 6.45) is 0. The molecule has 0 spiro atoms. The van der Waals surface area contributed by atoms with Crippen LogP contribution in [-0.4, -0.2) is 10.2 Å². The molecule has 0 amide bonds. The SMILES string of the molecule is CC(C)([Si])C#Cc1c(F)c(F)c(F)c(F)c1F. The molecule has 0 aliphatic rings. The van der Waals surface area contributed by atoms with Crippen molar-refractivity contribution < 1.29 is 22.0 Å². The van der Waals surface area contributed by atoms with Crippen LogP contribution < -0.4 is 0 Å². The second-order valence-electron chi connectivity index (χ2n) is 3.82. The molecule has 0 atom stereocenters. The minimum atomic E-state index is -2.19. The van der Waals surface area contributed by atoms with Crippen LogP contribution in [0.5, 0.6) is 0 Å². The number of hydrogen-bond donors (Lipinski definition) is 0. The van der Waals surface area contributed by atoms with Gasteiger partial charge in [-0.3, -0.25) is 0 Å². The van der Waals surface area contributed by atoms with Crippen LogP contribution in [0.1, 0.15) is 19.4 Å². The van der Waals surface area contributed by atoms with Crippen molar-refractivity contribution in [3.63, 3.8) is 0 Å². The Kier molecular flexibility index (Phi) is 3.62. The summed E-state index contributed by atoms with van der Waals surface area (Å²) >= 11 is 0. The van der Waals surface area contributed by atoms with E-state index in [-0.39, 0.29) is 0 Å². The predicted octanol–water partition coefficient (Wildman–Crippen LogP) is 3.10. The Labute approximate surface area is 98.3 Å². The lowest BCUT2D eigenvalue weighted by atomic mass is 10.1. The van der Waals surface area contributed by atoms with E-state index in [0.717, 1.165) is 0 Å². The molecule has 0 bridgehead atoms. The van der Waals surface area contributed by atoms with Gasteiger partial charge in [0.25, 0.3) is 0 Å². The molecule has 6 heteroatoms. The minimum absolute atomic E-state index is 0.805. The van der Waals surface area contributed by atoms with E-state index in [2.05, 4.69) is 16.2 Å². The fourth-order valence-corrected chi connectivity index (χ4v) is 0.996. The van der Waals surface area contributed by atoms with E-state index in [0.29, 0.717) is 0 Å². The van der Waals surface area contributed by atoms with Gasteiger partial charge in [0.2, 0.25) is 5.82 Å². The minimum Gasteiger partial charge on any atom is -0.202 e. The van der Waals surface area contributed by atoms with Crippen molar-refractivity contribution in [1.29, 1.82) is 0 Å². The van der Waals surface area contributed by atoms with Crippen LogP contribution >= 0.6 is 0 Å². The van der Waals surface area contributed by atoms with Crippen LogP contribution in [0, 0.1) is 40.9 Å². The maximum Gasteiger partial charge on any atom is 0.200 e. The van der Waals surface area contributed by atoms with E-state index in [1.165, 1.54) is 0 Å². The number of hydrogen-bond acceptors (Lipinski definition) is 0. The Morgan fingerprint density at radius 3 is 1.53 bits per heavy atom. The van der Waals surface area contributed by atoms with Gasteiger partial charge in [0.1, 0.15) is 5.56 Å². The van der Waals surface area contributed by atoms with Gasteiger partial charge >= 0.3 is 0 Å². The predicted molar refractivity (Wildman–Crippen MR) is 52.9 cm³/mol. The van der Waals surface area contributed by atoms with Gasteiger partial charge in [-0.2, -0.15) is 0 Å². The van der Waals surface area contributed by atoms with E-state index in [9.17, 15) is 22.0 Å². The zero-order chi connectivity index (χ0) is 13.4. The summed E-state index contributed by atoms with van der Waals surface area (Å²) in [7, 11) is 3.11. The summed E-state index contributed by atoms with van der Waals surface area (Å²) in [6, 6.07) is 0. The zero-order valence-electron chi connectivity index (χ0n) is 8.89. The van der Waals surface area contributed by atoms with Crippen molar-refractivity contribution in [2.45, 2.75) is 18.9 Å². The molecule has 17 heavy (non-hydrogen) atoms. The van der Waals surface area contributed by atoms with Crippen LogP contribution in [0.15, 0.2) is 0 Å². The van der Waals surface area contributed by atoms with Crippen molar-refractivity contribution >= 4 is 10.2 Å². The van der Waals surface area contributed by atoms with Gasteiger partial charge in [-0.15, -0.1) is 0 Å². The molecule has 0 saturated heterocycles. The molecule has 0 fully saturated rings. The molecule has 0 nitrogen and oxygen atoms in total. The van der Waals surface area contributed by atoms with E-state index in [1.807, 2.05) is 5.92 Å². The largest absolute Gasteiger partial charge is 0.202 e. The maximum absolute atomic E-state index is 13.1. The van der Waals surface area contributed by atoms with Crippen molar-refractivity contribution in [3.8, 4) is 11.8 Å². The van der Waals surface area contributed by atoms with Gasteiger partial charge in [-0.1, -0.05) is 25.7 Å². The lowest BCUT2D eigenvalue weighted by Crippen LogP contribution is -2.05. The third kappa shape index (κ3) is 2.85. The number of rotatable bonds is 0. The Balaban J connectivity index is 3.49. The lowest BCUT2D eigenvalue weighted by molar-refractivity contribution is 0.376. The monoisotopic (exact) mass is 261 g/mol. The van der Waals surface area contributed by atoms with Gasteiger partial charge in [0, 0.05) is 15.3 Å². The van der Waals surface area contributed by atoms with Crippen LogP contribution in [0.25, 0.3) is 0 Å². The molecule has 0 aliphatic carbocycles. The molecular formula is C11H6F5Si. The molecule has 3 radical (unpaired) electrons. The Morgan fingerprint density at radius 2 is 1.18 bits per heavy atom. The first-order valence-electron chi connectivity index (χ1n) is 4.44. The zero-order valence-corrected chi connectivity index (χ0v) is 9.89. The summed E-state index contributed by atoms with van der Waals surface area (Å²) in [5.74, 6) is -5.79. The summed E-state index contributed by atoms with van der Waals surface area (Å²) in [5.41, 5.74) is -1.13. The average molecular weight is 261 g/mol. The summed E-state index contributed by atoms with van der Waals surface area (Å²) < 4.78 is 64.5. The highest BCUT2D eigenvalue weighted by Gasteiger charge is 2.24. The van der Waals surface area contributed by atoms with Crippen LogP contribution in [-0.2, 0) is 0 Å². The lowest BCUT2D eigenvalue weighted by Gasteiger charge is -2.07. The third-order valence-electron chi connectivity index (χ3n) is 1.71. The van der Waals surface area contributed by atoms with E-state index >= 15 is 0 Å². The van der Waals surface area contributed by atoms with Crippen LogP contribution in [0.3, 0.4) is 0 Å².